The van der Waals surface area contributed by atoms with Crippen molar-refractivity contribution in [3.63, 3.8) is 0 Å². The first-order chi connectivity index (χ1) is 9.22. The van der Waals surface area contributed by atoms with E-state index in [0.29, 0.717) is 18.0 Å². The highest BCUT2D eigenvalue weighted by atomic mass is 16.5. The lowest BCUT2D eigenvalue weighted by Crippen LogP contribution is -2.49. The maximum absolute atomic E-state index is 12.2. The first-order valence-electron chi connectivity index (χ1n) is 7.07. The Balaban J connectivity index is 1.96. The van der Waals surface area contributed by atoms with Gasteiger partial charge in [-0.3, -0.25) is 9.69 Å². The second kappa shape index (κ2) is 4.97. The van der Waals surface area contributed by atoms with Crippen LogP contribution in [0.15, 0.2) is 30.3 Å². The molecule has 0 spiro atoms. The first-order valence-corrected chi connectivity index (χ1v) is 7.07. The Morgan fingerprint density at radius 1 is 1.26 bits per heavy atom. The normalized spacial score (nSPS) is 34.2. The van der Waals surface area contributed by atoms with E-state index < -0.39 is 0 Å². The molecule has 3 nitrogen and oxygen atoms in total. The summed E-state index contributed by atoms with van der Waals surface area (Å²) in [6, 6.07) is 11.4. The molecule has 4 atom stereocenters. The van der Waals surface area contributed by atoms with Gasteiger partial charge in [0.25, 0.3) is 0 Å². The zero-order chi connectivity index (χ0) is 13.4. The minimum absolute atomic E-state index is 0.0175. The van der Waals surface area contributed by atoms with Crippen molar-refractivity contribution < 1.29 is 9.53 Å². The van der Waals surface area contributed by atoms with Crippen molar-refractivity contribution in [2.24, 2.45) is 5.92 Å². The molecular formula is C16H21NO2. The molecule has 2 fully saturated rings. The molecule has 1 aromatic rings. The van der Waals surface area contributed by atoms with E-state index in [9.17, 15) is 4.79 Å². The fraction of sp³-hybridized carbons (Fsp3) is 0.562. The third-order valence-electron chi connectivity index (χ3n) is 4.97. The average molecular weight is 259 g/mol. The summed E-state index contributed by atoms with van der Waals surface area (Å²) in [5, 5.41) is 0. The Hall–Kier alpha value is -1.35. The zero-order valence-corrected chi connectivity index (χ0v) is 11.6. The van der Waals surface area contributed by atoms with Crippen LogP contribution in [0, 0.1) is 5.92 Å². The van der Waals surface area contributed by atoms with Crippen molar-refractivity contribution in [2.75, 3.05) is 14.2 Å². The van der Waals surface area contributed by atoms with Crippen molar-refractivity contribution in [3.8, 4) is 0 Å². The number of nitrogens with zero attached hydrogens (tertiary/aromatic N) is 1. The van der Waals surface area contributed by atoms with Gasteiger partial charge in [-0.2, -0.15) is 0 Å². The number of ether oxygens (including phenoxy) is 1. The van der Waals surface area contributed by atoms with Crippen LogP contribution in [0.1, 0.15) is 30.7 Å². The summed E-state index contributed by atoms with van der Waals surface area (Å²) in [6.45, 7) is 0. The Bertz CT molecular complexity index is 459. The maximum Gasteiger partial charge on any atom is 0.310 e. The zero-order valence-electron chi connectivity index (χ0n) is 11.6. The van der Waals surface area contributed by atoms with Gasteiger partial charge in [0.2, 0.25) is 0 Å². The minimum atomic E-state index is -0.0500. The van der Waals surface area contributed by atoms with Gasteiger partial charge >= 0.3 is 5.97 Å². The average Bonchev–Trinajstić information content (AvgIpc) is 2.70. The molecule has 0 amide bonds. The van der Waals surface area contributed by atoms with Crippen molar-refractivity contribution in [1.82, 2.24) is 4.90 Å². The van der Waals surface area contributed by atoms with E-state index in [4.69, 9.17) is 4.74 Å². The Kier molecular flexibility index (Phi) is 3.31. The van der Waals surface area contributed by atoms with E-state index in [0.717, 1.165) is 12.8 Å². The van der Waals surface area contributed by atoms with E-state index in [1.54, 1.807) is 0 Å². The SMILES string of the molecule is COC(=O)[C@H]1C(c2ccccc2)CC2CCC1N2C. The van der Waals surface area contributed by atoms with Crippen LogP contribution in [0.25, 0.3) is 0 Å². The number of hydrogen-bond acceptors (Lipinski definition) is 3. The predicted octanol–water partition coefficient (Wildman–Crippen LogP) is 2.43. The van der Waals surface area contributed by atoms with Gasteiger partial charge in [-0.15, -0.1) is 0 Å². The molecular weight excluding hydrogens is 238 g/mol. The molecule has 2 aliphatic heterocycles. The van der Waals surface area contributed by atoms with Gasteiger partial charge in [-0.1, -0.05) is 30.3 Å². The van der Waals surface area contributed by atoms with Crippen LogP contribution in [-0.4, -0.2) is 37.1 Å². The highest BCUT2D eigenvalue weighted by Crippen LogP contribution is 2.46. The molecule has 0 N–H and O–H groups in total. The Morgan fingerprint density at radius 3 is 2.68 bits per heavy atom. The van der Waals surface area contributed by atoms with E-state index in [1.807, 2.05) is 6.07 Å². The van der Waals surface area contributed by atoms with Gasteiger partial charge in [0.15, 0.2) is 0 Å². The molecule has 0 radical (unpaired) electrons. The molecule has 0 aliphatic carbocycles. The summed E-state index contributed by atoms with van der Waals surface area (Å²) < 4.78 is 5.07. The molecule has 3 rings (SSSR count). The molecule has 2 aliphatic rings. The van der Waals surface area contributed by atoms with Crippen LogP contribution in [-0.2, 0) is 9.53 Å². The lowest BCUT2D eigenvalue weighted by molar-refractivity contribution is -0.150. The molecule has 2 heterocycles. The summed E-state index contributed by atoms with van der Waals surface area (Å²) in [5.74, 6) is 0.240. The van der Waals surface area contributed by atoms with Gasteiger partial charge in [-0.25, -0.2) is 0 Å². The van der Waals surface area contributed by atoms with E-state index >= 15 is 0 Å². The van der Waals surface area contributed by atoms with Crippen LogP contribution in [0.3, 0.4) is 0 Å². The topological polar surface area (TPSA) is 29.5 Å². The smallest absolute Gasteiger partial charge is 0.310 e. The third kappa shape index (κ3) is 2.06. The number of benzene rings is 1. The number of piperidine rings is 1. The van der Waals surface area contributed by atoms with Crippen molar-refractivity contribution in [3.05, 3.63) is 35.9 Å². The monoisotopic (exact) mass is 259 g/mol. The highest BCUT2D eigenvalue weighted by Gasteiger charge is 2.49. The number of rotatable bonds is 2. The number of hydrogen-bond donors (Lipinski definition) is 0. The van der Waals surface area contributed by atoms with Crippen LogP contribution < -0.4 is 0 Å². The lowest BCUT2D eigenvalue weighted by atomic mass is 9.76. The summed E-state index contributed by atoms with van der Waals surface area (Å²) in [4.78, 5) is 14.6. The summed E-state index contributed by atoms with van der Waals surface area (Å²) >= 11 is 0. The molecule has 1 aromatic carbocycles. The van der Waals surface area contributed by atoms with Crippen molar-refractivity contribution in [2.45, 2.75) is 37.3 Å². The van der Waals surface area contributed by atoms with Crippen molar-refractivity contribution in [1.29, 1.82) is 0 Å². The largest absolute Gasteiger partial charge is 0.469 e. The van der Waals surface area contributed by atoms with Gasteiger partial charge in [-0.05, 0) is 31.9 Å². The molecule has 102 valence electrons. The second-order valence-electron chi connectivity index (χ2n) is 5.77. The molecule has 3 unspecified atom stereocenters. The predicted molar refractivity (Wildman–Crippen MR) is 73.9 cm³/mol. The van der Waals surface area contributed by atoms with Gasteiger partial charge in [0.05, 0.1) is 13.0 Å². The molecule has 19 heavy (non-hydrogen) atoms. The fourth-order valence-corrected chi connectivity index (χ4v) is 3.97. The van der Waals surface area contributed by atoms with Gasteiger partial charge in [0.1, 0.15) is 0 Å². The van der Waals surface area contributed by atoms with E-state index in [-0.39, 0.29) is 11.9 Å². The highest BCUT2D eigenvalue weighted by molar-refractivity contribution is 5.75. The fourth-order valence-electron chi connectivity index (χ4n) is 3.97. The molecule has 2 bridgehead atoms. The molecule has 3 heteroatoms. The molecule has 0 saturated carbocycles. The number of carbonyl (C=O) groups excluding carboxylic acids is 1. The van der Waals surface area contributed by atoms with Crippen LogP contribution >= 0.6 is 0 Å². The van der Waals surface area contributed by atoms with Crippen LogP contribution in [0.2, 0.25) is 0 Å². The Morgan fingerprint density at radius 2 is 2.00 bits per heavy atom. The standard InChI is InChI=1S/C16H21NO2/c1-17-12-8-9-14(17)15(16(18)19-2)13(10-12)11-6-4-3-5-7-11/h3-7,12-15H,8-10H2,1-2H3/t12?,13?,14?,15-/m0/s1. The summed E-state index contributed by atoms with van der Waals surface area (Å²) in [5.41, 5.74) is 1.28. The van der Waals surface area contributed by atoms with Crippen LogP contribution in [0.4, 0.5) is 0 Å². The summed E-state index contributed by atoms with van der Waals surface area (Å²) in [7, 11) is 3.66. The minimum Gasteiger partial charge on any atom is -0.469 e. The van der Waals surface area contributed by atoms with Gasteiger partial charge in [0, 0.05) is 18.0 Å². The molecule has 2 saturated heterocycles. The maximum atomic E-state index is 12.2. The second-order valence-corrected chi connectivity index (χ2v) is 5.77. The van der Waals surface area contributed by atoms with E-state index in [2.05, 4.69) is 36.2 Å². The van der Waals surface area contributed by atoms with Crippen LogP contribution in [0.5, 0.6) is 0 Å². The quantitative estimate of drug-likeness (QED) is 0.764. The number of fused-ring (bicyclic) bond motifs is 2. The number of methoxy groups -OCH3 is 1. The number of esters is 1. The van der Waals surface area contributed by atoms with Gasteiger partial charge < -0.3 is 4.74 Å². The Labute approximate surface area is 114 Å². The molecule has 0 aromatic heterocycles. The lowest BCUT2D eigenvalue weighted by Gasteiger charge is -2.41. The van der Waals surface area contributed by atoms with Crippen molar-refractivity contribution >= 4 is 5.97 Å². The summed E-state index contributed by atoms with van der Waals surface area (Å²) in [6.07, 6.45) is 3.39. The van der Waals surface area contributed by atoms with E-state index in [1.165, 1.54) is 19.1 Å². The third-order valence-corrected chi connectivity index (χ3v) is 4.97. The first kappa shape index (κ1) is 12.7. The number of carbonyl (C=O) groups is 1.